The molecule has 0 radical (unpaired) electrons. The molecule has 1 aromatic rings. The zero-order chi connectivity index (χ0) is 15.3. The number of benzene rings is 1. The van der Waals surface area contributed by atoms with Gasteiger partial charge in [0.1, 0.15) is 0 Å². The van der Waals surface area contributed by atoms with E-state index in [0.717, 1.165) is 0 Å². The highest BCUT2D eigenvalue weighted by atomic mass is 79.9. The Bertz CT molecular complexity index is 643. The molecule has 112 valence electrons. The number of sulfonamides is 1. The molecule has 2 unspecified atom stereocenters. The maximum atomic E-state index is 12.5. The maximum Gasteiger partial charge on any atom is 0.241 e. The SMILES string of the molecule is Cc1c(N)cc(Br)cc1S(=O)(=O)NC1CC(O)C1(C)C. The number of hydrogen-bond donors (Lipinski definition) is 3. The second kappa shape index (κ2) is 4.98. The summed E-state index contributed by atoms with van der Waals surface area (Å²) in [6.45, 7) is 5.37. The molecule has 0 aromatic heterocycles. The predicted octanol–water partition coefficient (Wildman–Crippen LogP) is 1.78. The Morgan fingerprint density at radius 3 is 2.55 bits per heavy atom. The molecule has 5 nitrogen and oxygen atoms in total. The fraction of sp³-hybridized carbons (Fsp3) is 0.538. The predicted molar refractivity (Wildman–Crippen MR) is 81.8 cm³/mol. The van der Waals surface area contributed by atoms with Crippen molar-refractivity contribution in [3.63, 3.8) is 0 Å². The second-order valence-electron chi connectivity index (χ2n) is 5.86. The second-order valence-corrected chi connectivity index (χ2v) is 8.46. The van der Waals surface area contributed by atoms with Gasteiger partial charge in [-0.1, -0.05) is 29.8 Å². The average Bonchev–Trinajstić information content (AvgIpc) is 2.33. The lowest BCUT2D eigenvalue weighted by atomic mass is 9.65. The first-order valence-electron chi connectivity index (χ1n) is 6.31. The van der Waals surface area contributed by atoms with Crippen LogP contribution in [0, 0.1) is 12.3 Å². The van der Waals surface area contributed by atoms with Gasteiger partial charge in [-0.3, -0.25) is 0 Å². The van der Waals surface area contributed by atoms with Gasteiger partial charge >= 0.3 is 0 Å². The van der Waals surface area contributed by atoms with Crippen LogP contribution in [0.25, 0.3) is 0 Å². The molecule has 0 saturated heterocycles. The van der Waals surface area contributed by atoms with Crippen LogP contribution in [0.4, 0.5) is 5.69 Å². The van der Waals surface area contributed by atoms with Crippen molar-refractivity contribution in [2.45, 2.75) is 44.2 Å². The minimum absolute atomic E-state index is 0.168. The number of anilines is 1. The molecule has 20 heavy (non-hydrogen) atoms. The van der Waals surface area contributed by atoms with E-state index in [4.69, 9.17) is 5.73 Å². The highest BCUT2D eigenvalue weighted by molar-refractivity contribution is 9.10. The number of aliphatic hydroxyl groups excluding tert-OH is 1. The number of hydrogen-bond acceptors (Lipinski definition) is 4. The number of rotatable bonds is 3. The van der Waals surface area contributed by atoms with Gasteiger partial charge in [0.25, 0.3) is 0 Å². The van der Waals surface area contributed by atoms with E-state index < -0.39 is 21.5 Å². The molecule has 1 saturated carbocycles. The first-order chi connectivity index (χ1) is 9.05. The zero-order valence-corrected chi connectivity index (χ0v) is 14.0. The minimum atomic E-state index is -3.66. The van der Waals surface area contributed by atoms with Gasteiger partial charge in [0.15, 0.2) is 0 Å². The first kappa shape index (κ1) is 15.8. The molecule has 7 heteroatoms. The third-order valence-electron chi connectivity index (χ3n) is 4.17. The smallest absolute Gasteiger partial charge is 0.241 e. The average molecular weight is 363 g/mol. The van der Waals surface area contributed by atoms with Gasteiger partial charge in [-0.2, -0.15) is 0 Å². The molecule has 0 amide bonds. The van der Waals surface area contributed by atoms with Crippen molar-refractivity contribution >= 4 is 31.6 Å². The van der Waals surface area contributed by atoms with E-state index in [1.165, 1.54) is 6.07 Å². The Morgan fingerprint density at radius 1 is 1.45 bits per heavy atom. The number of nitrogen functional groups attached to an aromatic ring is 1. The third-order valence-corrected chi connectivity index (χ3v) is 6.22. The van der Waals surface area contributed by atoms with Crippen molar-refractivity contribution in [2.24, 2.45) is 5.41 Å². The van der Waals surface area contributed by atoms with Crippen LogP contribution in [0.15, 0.2) is 21.5 Å². The van der Waals surface area contributed by atoms with E-state index in [1.807, 2.05) is 13.8 Å². The Balaban J connectivity index is 2.33. The maximum absolute atomic E-state index is 12.5. The summed E-state index contributed by atoms with van der Waals surface area (Å²) in [7, 11) is -3.66. The highest BCUT2D eigenvalue weighted by Crippen LogP contribution is 2.41. The lowest BCUT2D eigenvalue weighted by Crippen LogP contribution is -2.61. The molecule has 1 aliphatic rings. The van der Waals surface area contributed by atoms with Crippen LogP contribution in [0.5, 0.6) is 0 Å². The van der Waals surface area contributed by atoms with E-state index in [9.17, 15) is 13.5 Å². The molecular weight excluding hydrogens is 344 g/mol. The monoisotopic (exact) mass is 362 g/mol. The van der Waals surface area contributed by atoms with Crippen molar-refractivity contribution in [3.8, 4) is 0 Å². The summed E-state index contributed by atoms with van der Waals surface area (Å²) in [6.07, 6.45) is -0.0572. The quantitative estimate of drug-likeness (QED) is 0.714. The number of nitrogens with one attached hydrogen (secondary N) is 1. The molecule has 0 aliphatic heterocycles. The van der Waals surface area contributed by atoms with Gasteiger partial charge in [-0.25, -0.2) is 13.1 Å². The molecule has 1 fully saturated rings. The van der Waals surface area contributed by atoms with Crippen molar-refractivity contribution < 1.29 is 13.5 Å². The molecule has 4 N–H and O–H groups in total. The van der Waals surface area contributed by atoms with Gasteiger partial charge in [0, 0.05) is 21.6 Å². The zero-order valence-electron chi connectivity index (χ0n) is 11.6. The molecule has 2 atom stereocenters. The van der Waals surface area contributed by atoms with Crippen molar-refractivity contribution in [1.29, 1.82) is 0 Å². The first-order valence-corrected chi connectivity index (χ1v) is 8.59. The molecular formula is C13H19BrN2O3S. The molecule has 1 aromatic carbocycles. The normalized spacial score (nSPS) is 25.2. The molecule has 0 bridgehead atoms. The van der Waals surface area contributed by atoms with E-state index in [2.05, 4.69) is 20.7 Å². The van der Waals surface area contributed by atoms with Crippen molar-refractivity contribution in [1.82, 2.24) is 4.72 Å². The van der Waals surface area contributed by atoms with Crippen molar-refractivity contribution in [3.05, 3.63) is 22.2 Å². The van der Waals surface area contributed by atoms with E-state index in [0.29, 0.717) is 22.1 Å². The highest BCUT2D eigenvalue weighted by Gasteiger charge is 2.49. The standard InChI is InChI=1S/C13H19BrN2O3S/c1-7-9(15)4-8(14)5-10(7)20(18,19)16-11-6-12(17)13(11,2)3/h4-5,11-12,16-17H,6,15H2,1-3H3. The number of nitrogens with two attached hydrogens (primary N) is 1. The summed E-state index contributed by atoms with van der Waals surface area (Å²) in [4.78, 5) is 0.168. The fourth-order valence-corrected chi connectivity index (χ4v) is 4.64. The van der Waals surface area contributed by atoms with Gasteiger partial charge in [-0.15, -0.1) is 0 Å². The number of aliphatic hydroxyl groups is 1. The Morgan fingerprint density at radius 2 is 2.05 bits per heavy atom. The van der Waals surface area contributed by atoms with Crippen LogP contribution >= 0.6 is 15.9 Å². The van der Waals surface area contributed by atoms with Gasteiger partial charge in [0.05, 0.1) is 11.0 Å². The Labute approximate surface area is 127 Å². The molecule has 1 aliphatic carbocycles. The van der Waals surface area contributed by atoms with Crippen LogP contribution in [0.3, 0.4) is 0 Å². The third kappa shape index (κ3) is 2.59. The van der Waals surface area contributed by atoms with Gasteiger partial charge < -0.3 is 10.8 Å². The summed E-state index contributed by atoms with van der Waals surface area (Å²) in [5, 5.41) is 9.69. The fourth-order valence-electron chi connectivity index (χ4n) is 2.31. The van der Waals surface area contributed by atoms with Crippen LogP contribution in [0.2, 0.25) is 0 Å². The largest absolute Gasteiger partial charge is 0.398 e. The van der Waals surface area contributed by atoms with Gasteiger partial charge in [0.2, 0.25) is 10.0 Å². The molecule has 2 rings (SSSR count). The van der Waals surface area contributed by atoms with Crippen LogP contribution in [-0.2, 0) is 10.0 Å². The summed E-state index contributed by atoms with van der Waals surface area (Å²) >= 11 is 3.26. The molecule has 0 spiro atoms. The lowest BCUT2D eigenvalue weighted by molar-refractivity contribution is -0.0645. The topological polar surface area (TPSA) is 92.4 Å². The van der Waals surface area contributed by atoms with E-state index in [-0.39, 0.29) is 10.9 Å². The summed E-state index contributed by atoms with van der Waals surface area (Å²) in [6, 6.07) is 2.93. The Hall–Kier alpha value is -0.630. The summed E-state index contributed by atoms with van der Waals surface area (Å²) < 4.78 is 28.3. The minimum Gasteiger partial charge on any atom is -0.398 e. The van der Waals surface area contributed by atoms with E-state index in [1.54, 1.807) is 13.0 Å². The Kier molecular flexibility index (Phi) is 3.92. The van der Waals surface area contributed by atoms with Crippen LogP contribution in [0.1, 0.15) is 25.8 Å². The van der Waals surface area contributed by atoms with Crippen LogP contribution < -0.4 is 10.5 Å². The van der Waals surface area contributed by atoms with Crippen LogP contribution in [-0.4, -0.2) is 25.7 Å². The summed E-state index contributed by atoms with van der Waals surface area (Å²) in [5.74, 6) is 0. The lowest BCUT2D eigenvalue weighted by Gasteiger charge is -2.49. The van der Waals surface area contributed by atoms with Gasteiger partial charge in [-0.05, 0) is 31.0 Å². The van der Waals surface area contributed by atoms with E-state index >= 15 is 0 Å². The molecule has 0 heterocycles. The summed E-state index contributed by atoms with van der Waals surface area (Å²) in [5.41, 5.74) is 6.30. The van der Waals surface area contributed by atoms with Crippen molar-refractivity contribution in [2.75, 3.05) is 5.73 Å². The number of halogens is 1.